The Hall–Kier alpha value is -1.16. The number of hydrogen-bond acceptors (Lipinski definition) is 3. The average molecular weight is 312 g/mol. The highest BCUT2D eigenvalue weighted by atomic mass is 16.5. The smallest absolute Gasteiger partial charge is 0.0707 e. The Labute approximate surface area is 139 Å². The van der Waals surface area contributed by atoms with Crippen molar-refractivity contribution in [2.24, 2.45) is 0 Å². The van der Waals surface area contributed by atoms with Crippen molar-refractivity contribution in [1.29, 1.82) is 0 Å². The molecule has 3 heteroatoms. The van der Waals surface area contributed by atoms with Crippen LogP contribution in [0, 0.1) is 0 Å². The maximum atomic E-state index is 5.94. The van der Waals surface area contributed by atoms with Crippen LogP contribution in [-0.2, 0) is 4.74 Å². The molecule has 0 unspecified atom stereocenters. The molecule has 0 aliphatic carbocycles. The number of nitrogens with zero attached hydrogens (tertiary/aromatic N) is 2. The molecule has 4 rings (SSSR count). The lowest BCUT2D eigenvalue weighted by Crippen LogP contribution is -2.46. The first-order valence-corrected chi connectivity index (χ1v) is 9.22. The molecular weight excluding hydrogens is 284 g/mol. The molecule has 3 aliphatic rings. The third kappa shape index (κ3) is 3.85. The zero-order chi connectivity index (χ0) is 15.5. The first kappa shape index (κ1) is 15.4. The van der Waals surface area contributed by atoms with Crippen molar-refractivity contribution in [3.8, 4) is 0 Å². The van der Waals surface area contributed by atoms with Gasteiger partial charge in [0.2, 0.25) is 0 Å². The second kappa shape index (κ2) is 7.16. The Balaban J connectivity index is 1.29. The molecule has 1 aromatic rings. The molecule has 3 heterocycles. The Kier molecular flexibility index (Phi) is 4.79. The predicted octanol–water partition coefficient (Wildman–Crippen LogP) is 3.03. The molecule has 0 N–H and O–H groups in total. The van der Waals surface area contributed by atoms with Crippen LogP contribution in [0.5, 0.6) is 0 Å². The molecule has 3 atom stereocenters. The minimum Gasteiger partial charge on any atom is -0.372 e. The van der Waals surface area contributed by atoms with Gasteiger partial charge in [-0.1, -0.05) is 42.5 Å². The van der Waals surface area contributed by atoms with E-state index in [4.69, 9.17) is 4.74 Å². The average Bonchev–Trinajstić information content (AvgIpc) is 3.18. The molecule has 3 nitrogen and oxygen atoms in total. The van der Waals surface area contributed by atoms with Crippen molar-refractivity contribution in [2.45, 2.75) is 43.9 Å². The molecule has 1 aromatic carbocycles. The van der Waals surface area contributed by atoms with Gasteiger partial charge in [-0.05, 0) is 37.8 Å². The van der Waals surface area contributed by atoms with Crippen LogP contribution < -0.4 is 0 Å². The summed E-state index contributed by atoms with van der Waals surface area (Å²) in [7, 11) is 0. The van der Waals surface area contributed by atoms with Gasteiger partial charge in [0.1, 0.15) is 0 Å². The minimum absolute atomic E-state index is 0.515. The summed E-state index contributed by atoms with van der Waals surface area (Å²) >= 11 is 0. The Morgan fingerprint density at radius 1 is 1.00 bits per heavy atom. The molecule has 2 bridgehead atoms. The maximum Gasteiger partial charge on any atom is 0.0707 e. The van der Waals surface area contributed by atoms with Crippen LogP contribution in [0.2, 0.25) is 0 Å². The van der Waals surface area contributed by atoms with Gasteiger partial charge in [-0.2, -0.15) is 0 Å². The lowest BCUT2D eigenvalue weighted by Gasteiger charge is -2.33. The molecule has 3 fully saturated rings. The van der Waals surface area contributed by atoms with Crippen LogP contribution in [0.3, 0.4) is 0 Å². The number of likely N-dealkylation sites (tertiary alicyclic amines) is 2. The molecular formula is C20H28N2O. The van der Waals surface area contributed by atoms with E-state index in [0.717, 1.165) is 13.1 Å². The summed E-state index contributed by atoms with van der Waals surface area (Å²) in [6, 6.07) is 11.3. The fourth-order valence-electron chi connectivity index (χ4n) is 4.29. The SMILES string of the molecule is C(=C\[C@@H]1CCCN1CCN1C[C@H]2CC[C@@H](C1)O2)/c1ccccc1. The van der Waals surface area contributed by atoms with Crippen molar-refractivity contribution in [1.82, 2.24) is 9.80 Å². The molecule has 0 radical (unpaired) electrons. The fraction of sp³-hybridized carbons (Fsp3) is 0.600. The van der Waals surface area contributed by atoms with Crippen molar-refractivity contribution < 1.29 is 4.74 Å². The minimum atomic E-state index is 0.515. The predicted molar refractivity (Wildman–Crippen MR) is 94.4 cm³/mol. The first-order chi connectivity index (χ1) is 11.4. The molecule has 0 aromatic heterocycles. The van der Waals surface area contributed by atoms with E-state index in [-0.39, 0.29) is 0 Å². The van der Waals surface area contributed by atoms with E-state index in [1.807, 2.05) is 0 Å². The molecule has 0 saturated carbocycles. The summed E-state index contributed by atoms with van der Waals surface area (Å²) in [5.74, 6) is 0. The van der Waals surface area contributed by atoms with Gasteiger partial charge in [0.15, 0.2) is 0 Å². The standard InChI is InChI=1S/C20H28N2O/c1-2-5-17(6-3-1)8-9-18-7-4-12-22(18)14-13-21-15-19-10-11-20(16-21)23-19/h1-3,5-6,8-9,18-20H,4,7,10-16H2/b9-8+/t18-,19-,20+/m0/s1. The molecule has 124 valence electrons. The molecule has 0 amide bonds. The molecule has 23 heavy (non-hydrogen) atoms. The molecule has 0 spiro atoms. The van der Waals surface area contributed by atoms with Crippen molar-refractivity contribution >= 4 is 6.08 Å². The third-order valence-electron chi connectivity index (χ3n) is 5.55. The van der Waals surface area contributed by atoms with Gasteiger partial charge in [0.25, 0.3) is 0 Å². The number of ether oxygens (including phenoxy) is 1. The number of benzene rings is 1. The second-order valence-corrected chi connectivity index (χ2v) is 7.23. The zero-order valence-corrected chi connectivity index (χ0v) is 13.9. The summed E-state index contributed by atoms with van der Waals surface area (Å²) < 4.78 is 5.94. The summed E-state index contributed by atoms with van der Waals surface area (Å²) in [6.45, 7) is 5.94. The summed E-state index contributed by atoms with van der Waals surface area (Å²) in [4.78, 5) is 5.29. The monoisotopic (exact) mass is 312 g/mol. The number of rotatable bonds is 5. The highest BCUT2D eigenvalue weighted by Gasteiger charge is 2.33. The van der Waals surface area contributed by atoms with Crippen LogP contribution in [-0.4, -0.2) is 60.8 Å². The second-order valence-electron chi connectivity index (χ2n) is 7.23. The van der Waals surface area contributed by atoms with Gasteiger partial charge in [0, 0.05) is 32.2 Å². The lowest BCUT2D eigenvalue weighted by atomic mass is 10.1. The Bertz CT molecular complexity index is 518. The van der Waals surface area contributed by atoms with E-state index >= 15 is 0 Å². The van der Waals surface area contributed by atoms with Gasteiger partial charge in [0.05, 0.1) is 12.2 Å². The van der Waals surface area contributed by atoms with Crippen LogP contribution in [0.4, 0.5) is 0 Å². The van der Waals surface area contributed by atoms with Crippen LogP contribution >= 0.6 is 0 Å². The van der Waals surface area contributed by atoms with E-state index in [2.05, 4.69) is 52.3 Å². The highest BCUT2D eigenvalue weighted by molar-refractivity contribution is 5.49. The highest BCUT2D eigenvalue weighted by Crippen LogP contribution is 2.26. The van der Waals surface area contributed by atoms with Gasteiger partial charge in [-0.15, -0.1) is 0 Å². The van der Waals surface area contributed by atoms with Gasteiger partial charge in [-0.25, -0.2) is 0 Å². The van der Waals surface area contributed by atoms with E-state index in [0.29, 0.717) is 18.2 Å². The first-order valence-electron chi connectivity index (χ1n) is 9.22. The van der Waals surface area contributed by atoms with Crippen molar-refractivity contribution in [3.05, 3.63) is 42.0 Å². The Morgan fingerprint density at radius 2 is 1.78 bits per heavy atom. The number of hydrogen-bond donors (Lipinski definition) is 0. The van der Waals surface area contributed by atoms with E-state index < -0.39 is 0 Å². The molecule has 3 aliphatic heterocycles. The fourth-order valence-corrected chi connectivity index (χ4v) is 4.29. The molecule has 3 saturated heterocycles. The van der Waals surface area contributed by atoms with Crippen LogP contribution in [0.25, 0.3) is 6.08 Å². The zero-order valence-electron chi connectivity index (χ0n) is 13.9. The van der Waals surface area contributed by atoms with E-state index in [9.17, 15) is 0 Å². The Morgan fingerprint density at radius 3 is 2.57 bits per heavy atom. The lowest BCUT2D eigenvalue weighted by molar-refractivity contribution is -0.0401. The number of fused-ring (bicyclic) bond motifs is 2. The van der Waals surface area contributed by atoms with Gasteiger partial charge < -0.3 is 4.74 Å². The van der Waals surface area contributed by atoms with Crippen molar-refractivity contribution in [3.63, 3.8) is 0 Å². The number of morpholine rings is 1. The normalized spacial score (nSPS) is 32.1. The van der Waals surface area contributed by atoms with E-state index in [1.54, 1.807) is 0 Å². The summed E-state index contributed by atoms with van der Waals surface area (Å²) in [5.41, 5.74) is 1.31. The topological polar surface area (TPSA) is 15.7 Å². The maximum absolute atomic E-state index is 5.94. The van der Waals surface area contributed by atoms with Gasteiger partial charge in [-0.3, -0.25) is 9.80 Å². The van der Waals surface area contributed by atoms with Crippen molar-refractivity contribution in [2.75, 3.05) is 32.7 Å². The quantitative estimate of drug-likeness (QED) is 0.831. The summed E-state index contributed by atoms with van der Waals surface area (Å²) in [6.07, 6.45) is 10.9. The van der Waals surface area contributed by atoms with E-state index in [1.165, 1.54) is 50.9 Å². The largest absolute Gasteiger partial charge is 0.372 e. The summed E-state index contributed by atoms with van der Waals surface area (Å²) in [5, 5.41) is 0. The van der Waals surface area contributed by atoms with Gasteiger partial charge >= 0.3 is 0 Å². The third-order valence-corrected chi connectivity index (χ3v) is 5.55. The van der Waals surface area contributed by atoms with Crippen LogP contribution in [0.15, 0.2) is 36.4 Å². The van der Waals surface area contributed by atoms with Crippen LogP contribution in [0.1, 0.15) is 31.2 Å².